The lowest BCUT2D eigenvalue weighted by molar-refractivity contribution is 0.0240. The van der Waals surface area contributed by atoms with E-state index in [0.29, 0.717) is 37.4 Å². The molecule has 0 bridgehead atoms. The Morgan fingerprint density at radius 3 is 2.42 bits per heavy atom. The quantitative estimate of drug-likeness (QED) is 0.528. The number of carbonyl (C=O) groups is 2. The van der Waals surface area contributed by atoms with E-state index in [2.05, 4.69) is 25.4 Å². The third kappa shape index (κ3) is 5.25. The van der Waals surface area contributed by atoms with E-state index in [4.69, 9.17) is 9.15 Å². The summed E-state index contributed by atoms with van der Waals surface area (Å²) in [6.45, 7) is 8.01. The molecule has 1 aliphatic rings. The Bertz CT molecular complexity index is 1110. The van der Waals surface area contributed by atoms with Crippen molar-refractivity contribution in [1.29, 1.82) is 0 Å². The summed E-state index contributed by atoms with van der Waals surface area (Å²) in [6.07, 6.45) is 2.83. The largest absolute Gasteiger partial charge is 0.476 e. The number of benzene rings is 1. The molecule has 3 N–H and O–H groups in total. The van der Waals surface area contributed by atoms with Crippen LogP contribution in [0.2, 0.25) is 0 Å². The molecule has 174 valence electrons. The summed E-state index contributed by atoms with van der Waals surface area (Å²) < 4.78 is 11.1. The number of hydrogen-bond acceptors (Lipinski definition) is 8. The van der Waals surface area contributed by atoms with Gasteiger partial charge in [-0.1, -0.05) is 0 Å². The van der Waals surface area contributed by atoms with Crippen LogP contribution >= 0.6 is 0 Å². The van der Waals surface area contributed by atoms with Crippen LogP contribution < -0.4 is 10.2 Å². The van der Waals surface area contributed by atoms with Gasteiger partial charge in [0.05, 0.1) is 11.9 Å². The Kier molecular flexibility index (Phi) is 5.95. The predicted molar refractivity (Wildman–Crippen MR) is 121 cm³/mol. The molecule has 4 rings (SSSR count). The van der Waals surface area contributed by atoms with Gasteiger partial charge in [-0.05, 0) is 45.0 Å². The highest BCUT2D eigenvalue weighted by atomic mass is 16.6. The highest BCUT2D eigenvalue weighted by molar-refractivity contribution is 5.93. The number of carboxylic acid groups (broad SMARTS) is 1. The molecule has 0 radical (unpaired) electrons. The lowest BCUT2D eigenvalue weighted by Gasteiger charge is -2.36. The molecule has 0 spiro atoms. The lowest BCUT2D eigenvalue weighted by atomic mass is 10.1. The van der Waals surface area contributed by atoms with Crippen molar-refractivity contribution in [2.24, 2.45) is 0 Å². The zero-order valence-corrected chi connectivity index (χ0v) is 18.7. The fourth-order valence-corrected chi connectivity index (χ4v) is 3.45. The first-order valence-corrected chi connectivity index (χ1v) is 10.5. The molecule has 0 atom stereocenters. The second-order valence-electron chi connectivity index (χ2n) is 8.62. The third-order valence-electron chi connectivity index (χ3n) is 5.01. The monoisotopic (exact) mass is 454 g/mol. The topological polar surface area (TPSA) is 137 Å². The first kappa shape index (κ1) is 22.2. The van der Waals surface area contributed by atoms with Crippen LogP contribution in [-0.2, 0) is 4.74 Å². The van der Waals surface area contributed by atoms with E-state index in [1.165, 1.54) is 6.20 Å². The van der Waals surface area contributed by atoms with Crippen molar-refractivity contribution in [3.8, 4) is 11.3 Å². The number of H-pyrrole nitrogens is 1. The second kappa shape index (κ2) is 8.85. The van der Waals surface area contributed by atoms with Crippen molar-refractivity contribution in [2.45, 2.75) is 26.4 Å². The van der Waals surface area contributed by atoms with Gasteiger partial charge >= 0.3 is 18.1 Å². The molecule has 1 aromatic carbocycles. The maximum atomic E-state index is 12.3. The fourth-order valence-electron chi connectivity index (χ4n) is 3.45. The van der Waals surface area contributed by atoms with E-state index in [0.717, 1.165) is 5.69 Å². The number of nitrogens with one attached hydrogen (secondary N) is 2. The van der Waals surface area contributed by atoms with Crippen molar-refractivity contribution >= 4 is 29.5 Å². The van der Waals surface area contributed by atoms with E-state index in [1.807, 2.05) is 32.9 Å². The number of aromatic nitrogens is 3. The number of carboxylic acids is 1. The molecule has 11 nitrogen and oxygen atoms in total. The minimum absolute atomic E-state index is 0.0612. The number of anilines is 3. The fraction of sp³-hybridized carbons (Fsp3) is 0.364. The summed E-state index contributed by atoms with van der Waals surface area (Å²) in [5, 5.41) is 18.9. The average molecular weight is 454 g/mol. The summed E-state index contributed by atoms with van der Waals surface area (Å²) in [6, 6.07) is 7.45. The van der Waals surface area contributed by atoms with Crippen molar-refractivity contribution < 1.29 is 23.8 Å². The van der Waals surface area contributed by atoms with E-state index >= 15 is 0 Å². The van der Waals surface area contributed by atoms with Crippen LogP contribution in [-0.4, -0.2) is 69.0 Å². The van der Waals surface area contributed by atoms with Gasteiger partial charge in [0.1, 0.15) is 5.60 Å². The molecule has 1 amide bonds. The number of rotatable bonds is 5. The SMILES string of the molecule is CC(C)(C)OC(=O)N1CCN(c2ccc(-c3oc(Nc4cn[nH]c4)nc3C(=O)O)cc2)CC1. The molecule has 0 saturated carbocycles. The van der Waals surface area contributed by atoms with E-state index in [9.17, 15) is 14.7 Å². The summed E-state index contributed by atoms with van der Waals surface area (Å²) in [7, 11) is 0. The Balaban J connectivity index is 1.44. The smallest absolute Gasteiger partial charge is 0.410 e. The number of aromatic carboxylic acids is 1. The number of oxazole rings is 1. The lowest BCUT2D eigenvalue weighted by Crippen LogP contribution is -2.50. The Morgan fingerprint density at radius 1 is 1.15 bits per heavy atom. The van der Waals surface area contributed by atoms with Gasteiger partial charge in [0.25, 0.3) is 0 Å². The molecule has 0 unspecified atom stereocenters. The molecule has 3 aromatic rings. The van der Waals surface area contributed by atoms with Crippen LogP contribution in [0.1, 0.15) is 31.3 Å². The molecule has 1 fully saturated rings. The number of aromatic amines is 1. The molecular weight excluding hydrogens is 428 g/mol. The van der Waals surface area contributed by atoms with Gasteiger partial charge < -0.3 is 29.4 Å². The van der Waals surface area contributed by atoms with Crippen LogP contribution in [0.15, 0.2) is 41.1 Å². The van der Waals surface area contributed by atoms with Gasteiger partial charge in [0.15, 0.2) is 11.5 Å². The number of hydrogen-bond donors (Lipinski definition) is 3. The van der Waals surface area contributed by atoms with Crippen molar-refractivity contribution in [3.05, 3.63) is 42.4 Å². The number of nitrogens with zero attached hydrogens (tertiary/aromatic N) is 4. The molecule has 0 aliphatic carbocycles. The maximum Gasteiger partial charge on any atom is 0.410 e. The number of ether oxygens (including phenoxy) is 1. The van der Waals surface area contributed by atoms with Crippen molar-refractivity contribution in [3.63, 3.8) is 0 Å². The summed E-state index contributed by atoms with van der Waals surface area (Å²) in [4.78, 5) is 31.8. The van der Waals surface area contributed by atoms with Gasteiger partial charge in [-0.3, -0.25) is 5.10 Å². The summed E-state index contributed by atoms with van der Waals surface area (Å²) >= 11 is 0. The Morgan fingerprint density at radius 2 is 1.85 bits per heavy atom. The van der Waals surface area contributed by atoms with Crippen LogP contribution in [0.25, 0.3) is 11.3 Å². The standard InChI is InChI=1S/C22H26N6O5/c1-22(2,3)33-21(31)28-10-8-27(9-11-28)16-6-4-14(5-7-16)18-17(19(29)30)26-20(32-18)25-15-12-23-24-13-15/h4-7,12-13H,8-11H2,1-3H3,(H,23,24)(H,25,26)(H,29,30). The normalized spacial score (nSPS) is 14.3. The van der Waals surface area contributed by atoms with Crippen molar-refractivity contribution in [2.75, 3.05) is 36.4 Å². The molecule has 1 aliphatic heterocycles. The van der Waals surface area contributed by atoms with E-state index in [-0.39, 0.29) is 23.6 Å². The third-order valence-corrected chi connectivity index (χ3v) is 5.01. The first-order valence-electron chi connectivity index (χ1n) is 10.5. The highest BCUT2D eigenvalue weighted by Crippen LogP contribution is 2.30. The summed E-state index contributed by atoms with van der Waals surface area (Å²) in [5.74, 6) is -1.02. The van der Waals surface area contributed by atoms with Crippen molar-refractivity contribution in [1.82, 2.24) is 20.1 Å². The zero-order valence-electron chi connectivity index (χ0n) is 18.7. The molecule has 33 heavy (non-hydrogen) atoms. The minimum Gasteiger partial charge on any atom is -0.476 e. The maximum absolute atomic E-state index is 12.3. The highest BCUT2D eigenvalue weighted by Gasteiger charge is 2.26. The minimum atomic E-state index is -1.18. The van der Waals surface area contributed by atoms with Crippen LogP contribution in [0.4, 0.5) is 22.2 Å². The number of carbonyl (C=O) groups excluding carboxylic acids is 1. The molecule has 3 heterocycles. The molecule has 11 heteroatoms. The first-order chi connectivity index (χ1) is 15.7. The molecule has 1 saturated heterocycles. The van der Waals surface area contributed by atoms with Crippen LogP contribution in [0.5, 0.6) is 0 Å². The number of amides is 1. The van der Waals surface area contributed by atoms with Gasteiger partial charge in [-0.25, -0.2) is 9.59 Å². The van der Waals surface area contributed by atoms with Gasteiger partial charge in [0, 0.05) is 43.6 Å². The average Bonchev–Trinajstić information content (AvgIpc) is 3.43. The predicted octanol–water partition coefficient (Wildman–Crippen LogP) is 3.56. The van der Waals surface area contributed by atoms with Crippen LogP contribution in [0.3, 0.4) is 0 Å². The zero-order chi connectivity index (χ0) is 23.6. The number of piperazine rings is 1. The molecular formula is C22H26N6O5. The Labute approximate surface area is 190 Å². The summed E-state index contributed by atoms with van der Waals surface area (Å²) in [5.41, 5.74) is 1.46. The van der Waals surface area contributed by atoms with Crippen LogP contribution in [0, 0.1) is 0 Å². The van der Waals surface area contributed by atoms with Gasteiger partial charge in [0.2, 0.25) is 0 Å². The second-order valence-corrected chi connectivity index (χ2v) is 8.62. The van der Waals surface area contributed by atoms with Gasteiger partial charge in [-0.2, -0.15) is 10.1 Å². The van der Waals surface area contributed by atoms with E-state index in [1.54, 1.807) is 23.2 Å². The Hall–Kier alpha value is -4.02. The molecule has 2 aromatic heterocycles. The van der Waals surface area contributed by atoms with Gasteiger partial charge in [-0.15, -0.1) is 0 Å². The van der Waals surface area contributed by atoms with E-state index < -0.39 is 11.6 Å².